The topological polar surface area (TPSA) is 59.8 Å². The fourth-order valence-corrected chi connectivity index (χ4v) is 3.00. The SMILES string of the molecule is Cc1sc(NC(=O)[C@H](C)n2cccn2)nc1-c1ccc(F)cc1. The first-order valence-electron chi connectivity index (χ1n) is 7.08. The number of hydrogen-bond acceptors (Lipinski definition) is 4. The lowest BCUT2D eigenvalue weighted by Gasteiger charge is -2.10. The first-order valence-corrected chi connectivity index (χ1v) is 7.89. The van der Waals surface area contributed by atoms with Crippen molar-refractivity contribution in [1.82, 2.24) is 14.8 Å². The number of carbonyl (C=O) groups is 1. The van der Waals surface area contributed by atoms with Gasteiger partial charge in [0, 0.05) is 22.8 Å². The number of amides is 1. The highest BCUT2D eigenvalue weighted by atomic mass is 32.1. The lowest BCUT2D eigenvalue weighted by Crippen LogP contribution is -2.23. The van der Waals surface area contributed by atoms with Crippen LogP contribution in [0.1, 0.15) is 17.8 Å². The number of carbonyl (C=O) groups excluding carboxylic acids is 1. The van der Waals surface area contributed by atoms with Gasteiger partial charge in [-0.1, -0.05) is 0 Å². The summed E-state index contributed by atoms with van der Waals surface area (Å²) in [5.74, 6) is -0.476. The Bertz CT molecular complexity index is 811. The van der Waals surface area contributed by atoms with Crippen molar-refractivity contribution in [3.8, 4) is 11.3 Å². The van der Waals surface area contributed by atoms with E-state index in [0.29, 0.717) is 5.13 Å². The molecule has 0 aliphatic rings. The van der Waals surface area contributed by atoms with E-state index in [9.17, 15) is 9.18 Å². The van der Waals surface area contributed by atoms with Crippen LogP contribution in [-0.2, 0) is 4.79 Å². The van der Waals surface area contributed by atoms with Gasteiger partial charge in [0.1, 0.15) is 11.9 Å². The molecule has 0 aliphatic carbocycles. The lowest BCUT2D eigenvalue weighted by atomic mass is 10.1. The molecular formula is C16H15FN4OS. The quantitative estimate of drug-likeness (QED) is 0.794. The third kappa shape index (κ3) is 3.29. The molecule has 7 heteroatoms. The number of thiazole rings is 1. The number of aromatic nitrogens is 3. The molecule has 0 saturated heterocycles. The van der Waals surface area contributed by atoms with Crippen molar-refractivity contribution in [3.05, 3.63) is 53.4 Å². The Hall–Kier alpha value is -2.54. The van der Waals surface area contributed by atoms with Crippen molar-refractivity contribution in [2.45, 2.75) is 19.9 Å². The molecule has 2 heterocycles. The molecule has 1 atom stereocenters. The summed E-state index contributed by atoms with van der Waals surface area (Å²) in [4.78, 5) is 17.7. The van der Waals surface area contributed by atoms with Crippen LogP contribution in [0.4, 0.5) is 9.52 Å². The van der Waals surface area contributed by atoms with Gasteiger partial charge in [0.05, 0.1) is 5.69 Å². The first-order chi connectivity index (χ1) is 11.0. The average Bonchev–Trinajstić information content (AvgIpc) is 3.17. The van der Waals surface area contributed by atoms with Crippen molar-refractivity contribution in [2.75, 3.05) is 5.32 Å². The molecule has 3 aromatic rings. The van der Waals surface area contributed by atoms with Crippen LogP contribution in [0.25, 0.3) is 11.3 Å². The molecule has 5 nitrogen and oxygen atoms in total. The van der Waals surface area contributed by atoms with Crippen LogP contribution in [0.2, 0.25) is 0 Å². The predicted octanol–water partition coefficient (Wildman–Crippen LogP) is 3.65. The number of aryl methyl sites for hydroxylation is 1. The standard InChI is InChI=1S/C16H15FN4OS/c1-10(21-9-3-8-18-21)15(22)20-16-19-14(11(2)23-16)12-4-6-13(17)7-5-12/h3-10H,1-2H3,(H,19,20,22)/t10-/m0/s1. The number of halogens is 1. The fourth-order valence-electron chi connectivity index (χ4n) is 2.17. The first kappa shape index (κ1) is 15.4. The number of benzene rings is 1. The Morgan fingerprint density at radius 2 is 2.09 bits per heavy atom. The molecule has 0 aliphatic heterocycles. The molecule has 1 aromatic carbocycles. The molecule has 118 valence electrons. The van der Waals surface area contributed by atoms with E-state index in [4.69, 9.17) is 0 Å². The maximum absolute atomic E-state index is 13.0. The molecule has 1 N–H and O–H groups in total. The predicted molar refractivity (Wildman–Crippen MR) is 87.8 cm³/mol. The van der Waals surface area contributed by atoms with Crippen LogP contribution in [-0.4, -0.2) is 20.7 Å². The highest BCUT2D eigenvalue weighted by molar-refractivity contribution is 7.16. The Morgan fingerprint density at radius 1 is 1.35 bits per heavy atom. The normalized spacial score (nSPS) is 12.1. The second kappa shape index (κ2) is 6.29. The van der Waals surface area contributed by atoms with Crippen LogP contribution >= 0.6 is 11.3 Å². The van der Waals surface area contributed by atoms with Gasteiger partial charge in [0.25, 0.3) is 5.91 Å². The van der Waals surface area contributed by atoms with Gasteiger partial charge in [0.2, 0.25) is 0 Å². The van der Waals surface area contributed by atoms with Crippen molar-refractivity contribution in [2.24, 2.45) is 0 Å². The van der Waals surface area contributed by atoms with Gasteiger partial charge in [0.15, 0.2) is 5.13 Å². The average molecular weight is 330 g/mol. The highest BCUT2D eigenvalue weighted by Crippen LogP contribution is 2.30. The summed E-state index contributed by atoms with van der Waals surface area (Å²) in [6, 6.07) is 7.48. The van der Waals surface area contributed by atoms with Crippen LogP contribution in [0, 0.1) is 12.7 Å². The molecule has 0 fully saturated rings. The van der Waals surface area contributed by atoms with E-state index in [1.807, 2.05) is 6.92 Å². The van der Waals surface area contributed by atoms with E-state index in [0.717, 1.165) is 16.1 Å². The molecule has 1 amide bonds. The van der Waals surface area contributed by atoms with E-state index in [1.165, 1.54) is 23.5 Å². The van der Waals surface area contributed by atoms with Crippen LogP contribution in [0.15, 0.2) is 42.7 Å². The van der Waals surface area contributed by atoms with Gasteiger partial charge in [-0.3, -0.25) is 9.48 Å². The van der Waals surface area contributed by atoms with Gasteiger partial charge in [-0.25, -0.2) is 9.37 Å². The summed E-state index contributed by atoms with van der Waals surface area (Å²) in [5.41, 5.74) is 1.57. The molecule has 3 rings (SSSR count). The molecular weight excluding hydrogens is 315 g/mol. The molecule has 0 bridgehead atoms. The second-order valence-corrected chi connectivity index (χ2v) is 6.29. The van der Waals surface area contributed by atoms with Gasteiger partial charge in [-0.2, -0.15) is 5.10 Å². The Morgan fingerprint density at radius 3 is 2.74 bits per heavy atom. The van der Waals surface area contributed by atoms with Gasteiger partial charge in [-0.05, 0) is 44.2 Å². The number of hydrogen-bond donors (Lipinski definition) is 1. The van der Waals surface area contributed by atoms with E-state index < -0.39 is 6.04 Å². The molecule has 2 aromatic heterocycles. The molecule has 0 radical (unpaired) electrons. The summed E-state index contributed by atoms with van der Waals surface area (Å²) in [5, 5.41) is 7.39. The largest absolute Gasteiger partial charge is 0.300 e. The van der Waals surface area contributed by atoms with E-state index in [-0.39, 0.29) is 11.7 Å². The van der Waals surface area contributed by atoms with Gasteiger partial charge < -0.3 is 5.32 Å². The van der Waals surface area contributed by atoms with Gasteiger partial charge in [-0.15, -0.1) is 11.3 Å². The van der Waals surface area contributed by atoms with E-state index in [1.54, 1.807) is 42.2 Å². The van der Waals surface area contributed by atoms with Crippen LogP contribution in [0.5, 0.6) is 0 Å². The molecule has 0 spiro atoms. The van der Waals surface area contributed by atoms with E-state index in [2.05, 4.69) is 15.4 Å². The minimum absolute atomic E-state index is 0.187. The van der Waals surface area contributed by atoms with Crippen molar-refractivity contribution >= 4 is 22.4 Å². The molecule has 0 unspecified atom stereocenters. The van der Waals surface area contributed by atoms with Crippen molar-refractivity contribution < 1.29 is 9.18 Å². The van der Waals surface area contributed by atoms with Crippen LogP contribution in [0.3, 0.4) is 0 Å². The zero-order chi connectivity index (χ0) is 16.4. The number of nitrogens with zero attached hydrogens (tertiary/aromatic N) is 3. The van der Waals surface area contributed by atoms with Crippen LogP contribution < -0.4 is 5.32 Å². The summed E-state index contributed by atoms with van der Waals surface area (Å²) in [7, 11) is 0. The molecule has 23 heavy (non-hydrogen) atoms. The number of rotatable bonds is 4. The van der Waals surface area contributed by atoms with Crippen molar-refractivity contribution in [1.29, 1.82) is 0 Å². The maximum Gasteiger partial charge on any atom is 0.250 e. The summed E-state index contributed by atoms with van der Waals surface area (Å²) < 4.78 is 14.6. The Balaban J connectivity index is 1.78. The Kier molecular flexibility index (Phi) is 4.20. The minimum atomic E-state index is -0.427. The Labute approximate surface area is 136 Å². The minimum Gasteiger partial charge on any atom is -0.300 e. The zero-order valence-electron chi connectivity index (χ0n) is 12.7. The smallest absolute Gasteiger partial charge is 0.250 e. The van der Waals surface area contributed by atoms with Crippen molar-refractivity contribution in [3.63, 3.8) is 0 Å². The zero-order valence-corrected chi connectivity index (χ0v) is 13.5. The van der Waals surface area contributed by atoms with Gasteiger partial charge >= 0.3 is 0 Å². The summed E-state index contributed by atoms with van der Waals surface area (Å²) in [6.45, 7) is 3.69. The summed E-state index contributed by atoms with van der Waals surface area (Å²) in [6.07, 6.45) is 3.37. The lowest BCUT2D eigenvalue weighted by molar-refractivity contribution is -0.119. The number of nitrogens with one attached hydrogen (secondary N) is 1. The summed E-state index contributed by atoms with van der Waals surface area (Å²) >= 11 is 1.39. The highest BCUT2D eigenvalue weighted by Gasteiger charge is 2.18. The monoisotopic (exact) mass is 330 g/mol. The fraction of sp³-hybridized carbons (Fsp3) is 0.188. The third-order valence-corrected chi connectivity index (χ3v) is 4.33. The number of anilines is 1. The molecule has 0 saturated carbocycles. The second-order valence-electron chi connectivity index (χ2n) is 5.08. The third-order valence-electron chi connectivity index (χ3n) is 3.45. The van der Waals surface area contributed by atoms with E-state index >= 15 is 0 Å². The maximum atomic E-state index is 13.0.